The number of hydrogen-bond donors (Lipinski definition) is 3. The van der Waals surface area contributed by atoms with E-state index < -0.39 is 5.91 Å². The smallest absolute Gasteiger partial charge is 0.261 e. The summed E-state index contributed by atoms with van der Waals surface area (Å²) in [5.41, 5.74) is 2.79. The Morgan fingerprint density at radius 3 is 2.79 bits per heavy atom. The first-order chi connectivity index (χ1) is 14.1. The fourth-order valence-electron chi connectivity index (χ4n) is 3.24. The second kappa shape index (κ2) is 7.67. The molecule has 0 saturated carbocycles. The standard InChI is InChI=1S/C21H20N4O4/c1-12-18(21(27)22-15-5-3-4-6-17(15)28-2)19(25-24-12)23-20(26)14-7-8-16-13(11-14)9-10-29-16/h3-8,11H,9-10H2,1-2H3,(H,22,27)(H2,23,24,25,26). The molecule has 8 heteroatoms. The molecule has 8 nitrogen and oxygen atoms in total. The molecule has 0 bridgehead atoms. The van der Waals surface area contributed by atoms with Gasteiger partial charge in [0.2, 0.25) is 0 Å². The summed E-state index contributed by atoms with van der Waals surface area (Å²) in [5.74, 6) is 0.745. The topological polar surface area (TPSA) is 105 Å². The van der Waals surface area contributed by atoms with Crippen molar-refractivity contribution >= 4 is 23.3 Å². The second-order valence-electron chi connectivity index (χ2n) is 6.60. The van der Waals surface area contributed by atoms with E-state index in [9.17, 15) is 9.59 Å². The summed E-state index contributed by atoms with van der Waals surface area (Å²) in [6.07, 6.45) is 0.768. The minimum atomic E-state index is -0.404. The van der Waals surface area contributed by atoms with Crippen LogP contribution in [0.15, 0.2) is 42.5 Å². The average Bonchev–Trinajstić information content (AvgIpc) is 3.34. The third-order valence-corrected chi connectivity index (χ3v) is 4.71. The molecule has 29 heavy (non-hydrogen) atoms. The van der Waals surface area contributed by atoms with E-state index in [4.69, 9.17) is 9.47 Å². The van der Waals surface area contributed by atoms with Crippen LogP contribution in [0, 0.1) is 6.92 Å². The van der Waals surface area contributed by atoms with Gasteiger partial charge >= 0.3 is 0 Å². The summed E-state index contributed by atoms with van der Waals surface area (Å²) >= 11 is 0. The molecule has 3 aromatic rings. The van der Waals surface area contributed by atoms with Gasteiger partial charge in [-0.15, -0.1) is 0 Å². The number of nitrogens with zero attached hydrogens (tertiary/aromatic N) is 1. The number of hydrogen-bond acceptors (Lipinski definition) is 5. The monoisotopic (exact) mass is 392 g/mol. The molecule has 148 valence electrons. The normalized spacial score (nSPS) is 12.1. The fraction of sp³-hybridized carbons (Fsp3) is 0.190. The van der Waals surface area contributed by atoms with Crippen molar-refractivity contribution in [2.75, 3.05) is 24.4 Å². The van der Waals surface area contributed by atoms with E-state index in [-0.39, 0.29) is 17.3 Å². The van der Waals surface area contributed by atoms with E-state index in [1.165, 1.54) is 7.11 Å². The number of rotatable bonds is 5. The Labute approximate surface area is 167 Å². The Kier molecular flexibility index (Phi) is 4.90. The Morgan fingerprint density at radius 1 is 1.14 bits per heavy atom. The fourth-order valence-corrected chi connectivity index (χ4v) is 3.24. The summed E-state index contributed by atoms with van der Waals surface area (Å²) in [7, 11) is 1.53. The minimum Gasteiger partial charge on any atom is -0.495 e. The quantitative estimate of drug-likeness (QED) is 0.619. The Balaban J connectivity index is 1.55. The Hall–Kier alpha value is -3.81. The molecule has 0 aliphatic carbocycles. The average molecular weight is 392 g/mol. The molecule has 0 spiro atoms. The Bertz CT molecular complexity index is 1090. The predicted octanol–water partition coefficient (Wildman–Crippen LogP) is 3.17. The number of carbonyl (C=O) groups is 2. The number of ether oxygens (including phenoxy) is 2. The zero-order chi connectivity index (χ0) is 20.4. The number of aryl methyl sites for hydroxylation is 1. The second-order valence-corrected chi connectivity index (χ2v) is 6.60. The van der Waals surface area contributed by atoms with E-state index in [2.05, 4.69) is 20.8 Å². The number of amides is 2. The van der Waals surface area contributed by atoms with Crippen molar-refractivity contribution in [1.29, 1.82) is 0 Å². The molecule has 0 atom stereocenters. The minimum absolute atomic E-state index is 0.164. The molecule has 0 saturated heterocycles. The number of aromatic nitrogens is 2. The number of aromatic amines is 1. The third kappa shape index (κ3) is 3.64. The van der Waals surface area contributed by atoms with Crippen LogP contribution in [-0.4, -0.2) is 35.7 Å². The Morgan fingerprint density at radius 2 is 1.97 bits per heavy atom. The number of benzene rings is 2. The van der Waals surface area contributed by atoms with E-state index >= 15 is 0 Å². The van der Waals surface area contributed by atoms with Crippen LogP contribution < -0.4 is 20.1 Å². The lowest BCUT2D eigenvalue weighted by Crippen LogP contribution is -2.18. The van der Waals surface area contributed by atoms with Gasteiger partial charge in [-0.05, 0) is 42.8 Å². The number of methoxy groups -OCH3 is 1. The zero-order valence-electron chi connectivity index (χ0n) is 16.0. The van der Waals surface area contributed by atoms with Crippen LogP contribution in [0.5, 0.6) is 11.5 Å². The summed E-state index contributed by atoms with van der Waals surface area (Å²) in [5, 5.41) is 12.4. The number of anilines is 2. The lowest BCUT2D eigenvalue weighted by Gasteiger charge is -2.11. The maximum absolute atomic E-state index is 12.9. The molecule has 1 aromatic heterocycles. The first-order valence-corrected chi connectivity index (χ1v) is 9.13. The van der Waals surface area contributed by atoms with Crippen molar-refractivity contribution in [2.45, 2.75) is 13.3 Å². The predicted molar refractivity (Wildman–Crippen MR) is 108 cm³/mol. The largest absolute Gasteiger partial charge is 0.495 e. The molecule has 1 aliphatic rings. The van der Waals surface area contributed by atoms with Gasteiger partial charge in [0.15, 0.2) is 5.82 Å². The highest BCUT2D eigenvalue weighted by molar-refractivity contribution is 6.12. The molecule has 2 amide bonds. The first kappa shape index (κ1) is 18.5. The number of carbonyl (C=O) groups excluding carboxylic acids is 2. The van der Waals surface area contributed by atoms with Crippen LogP contribution in [0.2, 0.25) is 0 Å². The van der Waals surface area contributed by atoms with Crippen molar-refractivity contribution in [3.8, 4) is 11.5 Å². The summed E-state index contributed by atoms with van der Waals surface area (Å²) in [6, 6.07) is 12.3. The van der Waals surface area contributed by atoms with Gasteiger partial charge in [0.25, 0.3) is 11.8 Å². The van der Waals surface area contributed by atoms with Crippen LogP contribution in [0.1, 0.15) is 32.0 Å². The van der Waals surface area contributed by atoms with Gasteiger partial charge in [-0.1, -0.05) is 12.1 Å². The van der Waals surface area contributed by atoms with E-state index in [1.54, 1.807) is 43.3 Å². The van der Waals surface area contributed by atoms with E-state index in [1.807, 2.05) is 6.07 Å². The van der Waals surface area contributed by atoms with Crippen LogP contribution in [0.25, 0.3) is 0 Å². The molecule has 1 aliphatic heterocycles. The van der Waals surface area contributed by atoms with Gasteiger partial charge in [-0.2, -0.15) is 5.10 Å². The molecule has 2 aromatic carbocycles. The molecular formula is C21H20N4O4. The highest BCUT2D eigenvalue weighted by Gasteiger charge is 2.22. The van der Waals surface area contributed by atoms with Crippen molar-refractivity contribution in [2.24, 2.45) is 0 Å². The first-order valence-electron chi connectivity index (χ1n) is 9.13. The van der Waals surface area contributed by atoms with Crippen LogP contribution in [-0.2, 0) is 6.42 Å². The molecule has 3 N–H and O–H groups in total. The molecule has 0 radical (unpaired) electrons. The maximum atomic E-state index is 12.9. The van der Waals surface area contributed by atoms with Crippen molar-refractivity contribution < 1.29 is 19.1 Å². The molecular weight excluding hydrogens is 372 g/mol. The van der Waals surface area contributed by atoms with Gasteiger partial charge in [0, 0.05) is 17.7 Å². The SMILES string of the molecule is COc1ccccc1NC(=O)c1c(NC(=O)c2ccc3c(c2)CCO3)n[nH]c1C. The number of fused-ring (bicyclic) bond motifs is 1. The number of para-hydroxylation sites is 2. The van der Waals surface area contributed by atoms with E-state index in [0.717, 1.165) is 17.7 Å². The molecule has 0 fully saturated rings. The van der Waals surface area contributed by atoms with Crippen LogP contribution in [0.4, 0.5) is 11.5 Å². The summed E-state index contributed by atoms with van der Waals surface area (Å²) in [4.78, 5) is 25.6. The highest BCUT2D eigenvalue weighted by Crippen LogP contribution is 2.27. The highest BCUT2D eigenvalue weighted by atomic mass is 16.5. The van der Waals surface area contributed by atoms with Gasteiger partial charge in [0.1, 0.15) is 17.1 Å². The van der Waals surface area contributed by atoms with Crippen LogP contribution in [0.3, 0.4) is 0 Å². The van der Waals surface area contributed by atoms with Gasteiger partial charge in [-0.25, -0.2) is 0 Å². The van der Waals surface area contributed by atoms with Crippen molar-refractivity contribution in [1.82, 2.24) is 10.2 Å². The molecule has 2 heterocycles. The molecule has 4 rings (SSSR count). The number of nitrogens with one attached hydrogen (secondary N) is 3. The summed E-state index contributed by atoms with van der Waals surface area (Å²) in [6.45, 7) is 2.33. The van der Waals surface area contributed by atoms with E-state index in [0.29, 0.717) is 29.3 Å². The van der Waals surface area contributed by atoms with Crippen LogP contribution >= 0.6 is 0 Å². The van der Waals surface area contributed by atoms with Gasteiger partial charge < -0.3 is 20.1 Å². The lowest BCUT2D eigenvalue weighted by molar-refractivity contribution is 0.102. The van der Waals surface area contributed by atoms with Gasteiger partial charge in [0.05, 0.1) is 19.4 Å². The maximum Gasteiger partial charge on any atom is 0.261 e. The molecule has 0 unspecified atom stereocenters. The zero-order valence-corrected chi connectivity index (χ0v) is 16.0. The number of H-pyrrole nitrogens is 1. The lowest BCUT2D eigenvalue weighted by atomic mass is 10.1. The van der Waals surface area contributed by atoms with Crippen molar-refractivity contribution in [3.63, 3.8) is 0 Å². The summed E-state index contributed by atoms with van der Waals surface area (Å²) < 4.78 is 10.7. The van der Waals surface area contributed by atoms with Crippen molar-refractivity contribution in [3.05, 3.63) is 64.8 Å². The van der Waals surface area contributed by atoms with Gasteiger partial charge in [-0.3, -0.25) is 14.7 Å². The third-order valence-electron chi connectivity index (χ3n) is 4.71.